The number of carbonyl (C=O) groups is 2. The molecule has 1 aliphatic carbocycles. The molecule has 0 radical (unpaired) electrons. The minimum absolute atomic E-state index is 0.0154. The quantitative estimate of drug-likeness (QED) is 0.852. The van der Waals surface area contributed by atoms with Gasteiger partial charge in [-0.2, -0.15) is 0 Å². The predicted octanol–water partition coefficient (Wildman–Crippen LogP) is 1.02. The fraction of sp³-hybridized carbons (Fsp3) is 0.571. The summed E-state index contributed by atoms with van der Waals surface area (Å²) in [6, 6.07) is 3.65. The second-order valence-electron chi connectivity index (χ2n) is 5.36. The summed E-state index contributed by atoms with van der Waals surface area (Å²) in [4.78, 5) is 27.0. The van der Waals surface area contributed by atoms with Crippen LogP contribution in [0.2, 0.25) is 0 Å². The van der Waals surface area contributed by atoms with E-state index in [-0.39, 0.29) is 24.5 Å². The molecule has 0 aliphatic heterocycles. The van der Waals surface area contributed by atoms with E-state index in [4.69, 9.17) is 0 Å². The molecule has 0 aromatic carbocycles. The maximum Gasteiger partial charge on any atom is 0.261 e. The molecule has 0 saturated heterocycles. The molecule has 0 atom stereocenters. The number of rotatable bonds is 5. The SMILES string of the molecule is Cc1ccc(C(=O)NCC(=O)N(C)CC2CC(O)C2)s1. The van der Waals surface area contributed by atoms with Gasteiger partial charge in [-0.15, -0.1) is 11.3 Å². The Kier molecular flexibility index (Phi) is 4.77. The maximum atomic E-state index is 11.9. The monoisotopic (exact) mass is 296 g/mol. The molecule has 6 heteroatoms. The fourth-order valence-electron chi connectivity index (χ4n) is 2.27. The first-order valence-electron chi connectivity index (χ1n) is 6.72. The molecule has 2 amide bonds. The molecule has 0 bridgehead atoms. The van der Waals surface area contributed by atoms with Crippen molar-refractivity contribution in [3.8, 4) is 0 Å². The van der Waals surface area contributed by atoms with Gasteiger partial charge in [0.15, 0.2) is 0 Å². The van der Waals surface area contributed by atoms with E-state index in [0.717, 1.165) is 17.7 Å². The highest BCUT2D eigenvalue weighted by Crippen LogP contribution is 2.27. The Balaban J connectivity index is 1.72. The van der Waals surface area contributed by atoms with Crippen LogP contribution in [-0.2, 0) is 4.79 Å². The Morgan fingerprint density at radius 2 is 2.15 bits per heavy atom. The first-order chi connectivity index (χ1) is 9.45. The lowest BCUT2D eigenvalue weighted by molar-refractivity contribution is -0.130. The Bertz CT molecular complexity index is 494. The third kappa shape index (κ3) is 3.80. The van der Waals surface area contributed by atoms with Crippen LogP contribution >= 0.6 is 11.3 Å². The molecule has 5 nitrogen and oxygen atoms in total. The minimum atomic E-state index is -0.205. The highest BCUT2D eigenvalue weighted by molar-refractivity contribution is 7.13. The number of hydrogen-bond acceptors (Lipinski definition) is 4. The zero-order chi connectivity index (χ0) is 14.7. The molecule has 1 saturated carbocycles. The molecule has 1 aromatic rings. The maximum absolute atomic E-state index is 11.9. The summed E-state index contributed by atoms with van der Waals surface area (Å²) in [7, 11) is 1.73. The van der Waals surface area contributed by atoms with Gasteiger partial charge in [0.1, 0.15) is 0 Å². The summed E-state index contributed by atoms with van der Waals surface area (Å²) in [5, 5.41) is 11.9. The highest BCUT2D eigenvalue weighted by atomic mass is 32.1. The van der Waals surface area contributed by atoms with E-state index >= 15 is 0 Å². The van der Waals surface area contributed by atoms with Crippen LogP contribution in [0.1, 0.15) is 27.4 Å². The number of aliphatic hydroxyl groups excluding tert-OH is 1. The summed E-state index contributed by atoms with van der Waals surface area (Å²) in [6.07, 6.45) is 1.32. The summed E-state index contributed by atoms with van der Waals surface area (Å²) >= 11 is 1.41. The minimum Gasteiger partial charge on any atom is -0.393 e. The molecule has 2 N–H and O–H groups in total. The van der Waals surface area contributed by atoms with Crippen molar-refractivity contribution in [3.63, 3.8) is 0 Å². The lowest BCUT2D eigenvalue weighted by Gasteiger charge is -2.34. The highest BCUT2D eigenvalue weighted by Gasteiger charge is 2.29. The van der Waals surface area contributed by atoms with E-state index in [9.17, 15) is 14.7 Å². The van der Waals surface area contributed by atoms with Crippen molar-refractivity contribution >= 4 is 23.2 Å². The van der Waals surface area contributed by atoms with Gasteiger partial charge in [0, 0.05) is 18.5 Å². The van der Waals surface area contributed by atoms with Gasteiger partial charge in [-0.1, -0.05) is 0 Å². The van der Waals surface area contributed by atoms with Gasteiger partial charge in [-0.05, 0) is 37.8 Å². The Hall–Kier alpha value is -1.40. The average molecular weight is 296 g/mol. The lowest BCUT2D eigenvalue weighted by atomic mass is 9.82. The smallest absolute Gasteiger partial charge is 0.261 e. The number of nitrogens with one attached hydrogen (secondary N) is 1. The molecule has 1 aliphatic rings. The van der Waals surface area contributed by atoms with Gasteiger partial charge in [-0.25, -0.2) is 0 Å². The molecule has 0 unspecified atom stereocenters. The summed E-state index contributed by atoms with van der Waals surface area (Å²) in [5.41, 5.74) is 0. The van der Waals surface area contributed by atoms with Crippen molar-refractivity contribution in [2.75, 3.05) is 20.1 Å². The summed E-state index contributed by atoms with van der Waals surface area (Å²) < 4.78 is 0. The largest absolute Gasteiger partial charge is 0.393 e. The molecule has 20 heavy (non-hydrogen) atoms. The second-order valence-corrected chi connectivity index (χ2v) is 6.65. The molecular weight excluding hydrogens is 276 g/mol. The Morgan fingerprint density at radius 1 is 1.45 bits per heavy atom. The van der Waals surface area contributed by atoms with Crippen LogP contribution in [0.4, 0.5) is 0 Å². The van der Waals surface area contributed by atoms with Crippen molar-refractivity contribution in [2.24, 2.45) is 5.92 Å². The van der Waals surface area contributed by atoms with E-state index < -0.39 is 0 Å². The van der Waals surface area contributed by atoms with E-state index in [1.165, 1.54) is 11.3 Å². The summed E-state index contributed by atoms with van der Waals surface area (Å²) in [6.45, 7) is 2.60. The Morgan fingerprint density at radius 3 is 2.70 bits per heavy atom. The van der Waals surface area contributed by atoms with E-state index in [2.05, 4.69) is 5.32 Å². The molecule has 1 fully saturated rings. The third-order valence-corrected chi connectivity index (χ3v) is 4.53. The normalized spacial score (nSPS) is 21.1. The molecular formula is C14H20N2O3S. The third-order valence-electron chi connectivity index (χ3n) is 3.53. The first kappa shape index (κ1) is 15.0. The number of hydrogen-bond donors (Lipinski definition) is 2. The van der Waals surface area contributed by atoms with Gasteiger partial charge in [0.2, 0.25) is 5.91 Å². The van der Waals surface area contributed by atoms with Crippen LogP contribution < -0.4 is 5.32 Å². The van der Waals surface area contributed by atoms with Crippen molar-refractivity contribution in [1.29, 1.82) is 0 Å². The standard InChI is InChI=1S/C14H20N2O3S/c1-9-3-4-12(20-9)14(19)15-7-13(18)16(2)8-10-5-11(17)6-10/h3-4,10-11,17H,5-8H2,1-2H3,(H,15,19). The zero-order valence-electron chi connectivity index (χ0n) is 11.8. The number of thiophene rings is 1. The van der Waals surface area contributed by atoms with Gasteiger partial charge >= 0.3 is 0 Å². The Labute approximate surface area is 122 Å². The number of aryl methyl sites for hydroxylation is 1. The van der Waals surface area contributed by atoms with Crippen LogP contribution in [0.15, 0.2) is 12.1 Å². The fourth-order valence-corrected chi connectivity index (χ4v) is 3.06. The van der Waals surface area contributed by atoms with Crippen molar-refractivity contribution in [1.82, 2.24) is 10.2 Å². The molecule has 110 valence electrons. The van der Waals surface area contributed by atoms with Gasteiger partial charge in [-0.3, -0.25) is 9.59 Å². The number of likely N-dealkylation sites (N-methyl/N-ethyl adjacent to an activating group) is 1. The molecule has 2 rings (SSSR count). The van der Waals surface area contributed by atoms with Gasteiger partial charge in [0.05, 0.1) is 17.5 Å². The van der Waals surface area contributed by atoms with Crippen molar-refractivity contribution in [3.05, 3.63) is 21.9 Å². The number of aliphatic hydroxyl groups is 1. The topological polar surface area (TPSA) is 69.6 Å². The number of carbonyl (C=O) groups excluding carboxylic acids is 2. The second kappa shape index (κ2) is 6.37. The number of nitrogens with zero attached hydrogens (tertiary/aromatic N) is 1. The molecule has 1 heterocycles. The van der Waals surface area contributed by atoms with Crippen LogP contribution in [-0.4, -0.2) is 48.1 Å². The van der Waals surface area contributed by atoms with Crippen molar-refractivity contribution < 1.29 is 14.7 Å². The zero-order valence-corrected chi connectivity index (χ0v) is 12.6. The average Bonchev–Trinajstić information content (AvgIpc) is 2.80. The van der Waals surface area contributed by atoms with E-state index in [1.54, 1.807) is 18.0 Å². The van der Waals surface area contributed by atoms with Crippen LogP contribution in [0.25, 0.3) is 0 Å². The van der Waals surface area contributed by atoms with Crippen LogP contribution in [0.5, 0.6) is 0 Å². The predicted molar refractivity (Wildman–Crippen MR) is 77.8 cm³/mol. The van der Waals surface area contributed by atoms with E-state index in [1.807, 2.05) is 13.0 Å². The first-order valence-corrected chi connectivity index (χ1v) is 7.54. The van der Waals surface area contributed by atoms with E-state index in [0.29, 0.717) is 17.3 Å². The molecule has 1 aromatic heterocycles. The van der Waals surface area contributed by atoms with Crippen LogP contribution in [0.3, 0.4) is 0 Å². The summed E-state index contributed by atoms with van der Waals surface area (Å²) in [5.74, 6) is 0.0755. The lowest BCUT2D eigenvalue weighted by Crippen LogP contribution is -2.43. The van der Waals surface area contributed by atoms with Gasteiger partial charge in [0.25, 0.3) is 5.91 Å². The number of amides is 2. The molecule has 0 spiro atoms. The van der Waals surface area contributed by atoms with Gasteiger partial charge < -0.3 is 15.3 Å². The van der Waals surface area contributed by atoms with Crippen molar-refractivity contribution in [2.45, 2.75) is 25.9 Å². The van der Waals surface area contributed by atoms with Crippen LogP contribution in [0, 0.1) is 12.8 Å².